The summed E-state index contributed by atoms with van der Waals surface area (Å²) < 4.78 is 17.9. The van der Waals surface area contributed by atoms with Gasteiger partial charge in [0.15, 0.2) is 0 Å². The Kier molecular flexibility index (Phi) is 5.44. The van der Waals surface area contributed by atoms with Gasteiger partial charge in [0, 0.05) is 18.3 Å². The highest BCUT2D eigenvalue weighted by atomic mass is 16.5. The standard InChI is InChI=1S/C21H24N2O5/c1-5-23-12(3)10-15-17(20(23)24)16(13-8-7-9-14(11-13)26-4)18(19(22)28-15)21(25)27-6-2/h7-11,16H,5-6,22H2,1-4H3/t16-/m0/s1. The van der Waals surface area contributed by atoms with Crippen molar-refractivity contribution in [2.45, 2.75) is 33.2 Å². The van der Waals surface area contributed by atoms with E-state index in [0.717, 1.165) is 5.69 Å². The van der Waals surface area contributed by atoms with E-state index in [-0.39, 0.29) is 23.6 Å². The van der Waals surface area contributed by atoms with E-state index >= 15 is 0 Å². The van der Waals surface area contributed by atoms with Crippen LogP contribution in [0.5, 0.6) is 11.5 Å². The number of rotatable bonds is 5. The van der Waals surface area contributed by atoms with Gasteiger partial charge in [0.25, 0.3) is 5.56 Å². The van der Waals surface area contributed by atoms with Crippen LogP contribution < -0.4 is 20.8 Å². The molecule has 1 aliphatic heterocycles. The Morgan fingerprint density at radius 1 is 1.29 bits per heavy atom. The van der Waals surface area contributed by atoms with Crippen LogP contribution in [0.4, 0.5) is 0 Å². The molecule has 2 N–H and O–H groups in total. The second-order valence-corrected chi connectivity index (χ2v) is 6.42. The van der Waals surface area contributed by atoms with Gasteiger partial charge >= 0.3 is 5.97 Å². The van der Waals surface area contributed by atoms with Crippen LogP contribution in [0.3, 0.4) is 0 Å². The molecule has 0 unspecified atom stereocenters. The van der Waals surface area contributed by atoms with Crippen LogP contribution in [-0.4, -0.2) is 24.3 Å². The lowest BCUT2D eigenvalue weighted by Crippen LogP contribution is -2.35. The van der Waals surface area contributed by atoms with Crippen LogP contribution >= 0.6 is 0 Å². The topological polar surface area (TPSA) is 92.8 Å². The number of carbonyl (C=O) groups is 1. The van der Waals surface area contributed by atoms with Gasteiger partial charge in [0.2, 0.25) is 5.88 Å². The number of hydrogen-bond acceptors (Lipinski definition) is 6. The van der Waals surface area contributed by atoms with Gasteiger partial charge in [-0.25, -0.2) is 4.79 Å². The predicted octanol–water partition coefficient (Wildman–Crippen LogP) is 2.44. The highest BCUT2D eigenvalue weighted by Gasteiger charge is 2.38. The number of nitrogens with zero attached hydrogens (tertiary/aromatic N) is 1. The lowest BCUT2D eigenvalue weighted by atomic mass is 9.83. The summed E-state index contributed by atoms with van der Waals surface area (Å²) in [7, 11) is 1.56. The molecule has 1 aromatic carbocycles. The number of pyridine rings is 1. The van der Waals surface area contributed by atoms with E-state index in [1.807, 2.05) is 19.9 Å². The van der Waals surface area contributed by atoms with Crippen LogP contribution in [0.25, 0.3) is 0 Å². The van der Waals surface area contributed by atoms with Crippen LogP contribution in [0.15, 0.2) is 46.6 Å². The number of esters is 1. The van der Waals surface area contributed by atoms with Gasteiger partial charge in [-0.1, -0.05) is 12.1 Å². The zero-order valence-corrected chi connectivity index (χ0v) is 16.4. The van der Waals surface area contributed by atoms with E-state index in [2.05, 4.69) is 0 Å². The fourth-order valence-electron chi connectivity index (χ4n) is 3.54. The number of carbonyl (C=O) groups excluding carboxylic acids is 1. The first-order chi connectivity index (χ1) is 13.4. The molecule has 7 heteroatoms. The molecule has 0 amide bonds. The molecule has 2 heterocycles. The molecule has 148 valence electrons. The third kappa shape index (κ3) is 3.24. The van der Waals surface area contributed by atoms with Crippen molar-refractivity contribution >= 4 is 5.97 Å². The minimum Gasteiger partial charge on any atom is -0.497 e. The quantitative estimate of drug-likeness (QED) is 0.796. The summed E-state index contributed by atoms with van der Waals surface area (Å²) in [4.78, 5) is 26.0. The summed E-state index contributed by atoms with van der Waals surface area (Å²) in [6.07, 6.45) is 0. The van der Waals surface area contributed by atoms with E-state index in [4.69, 9.17) is 19.9 Å². The van der Waals surface area contributed by atoms with E-state index in [1.54, 1.807) is 42.9 Å². The Morgan fingerprint density at radius 2 is 2.04 bits per heavy atom. The summed E-state index contributed by atoms with van der Waals surface area (Å²) in [5.74, 6) is -0.432. The second kappa shape index (κ2) is 7.80. The van der Waals surface area contributed by atoms with Gasteiger partial charge in [-0.15, -0.1) is 0 Å². The number of methoxy groups -OCH3 is 1. The molecule has 2 aromatic rings. The normalized spacial score (nSPS) is 15.6. The Morgan fingerprint density at radius 3 is 2.68 bits per heavy atom. The summed E-state index contributed by atoms with van der Waals surface area (Å²) >= 11 is 0. The molecule has 1 aromatic heterocycles. The van der Waals surface area contributed by atoms with Crippen LogP contribution in [0, 0.1) is 6.92 Å². The van der Waals surface area contributed by atoms with Crippen LogP contribution in [0.1, 0.15) is 36.6 Å². The van der Waals surface area contributed by atoms with Gasteiger partial charge in [0.1, 0.15) is 17.1 Å². The summed E-state index contributed by atoms with van der Waals surface area (Å²) in [6.45, 7) is 6.11. The highest BCUT2D eigenvalue weighted by molar-refractivity contribution is 5.92. The zero-order chi connectivity index (χ0) is 20.4. The maximum atomic E-state index is 13.3. The van der Waals surface area contributed by atoms with E-state index in [9.17, 15) is 9.59 Å². The van der Waals surface area contributed by atoms with Crippen molar-refractivity contribution in [3.8, 4) is 11.5 Å². The number of nitrogens with two attached hydrogens (primary N) is 1. The molecule has 0 aliphatic carbocycles. The van der Waals surface area contributed by atoms with Gasteiger partial charge < -0.3 is 24.5 Å². The lowest BCUT2D eigenvalue weighted by molar-refractivity contribution is -0.139. The number of fused-ring (bicyclic) bond motifs is 1. The van der Waals surface area contributed by atoms with E-state index < -0.39 is 11.9 Å². The van der Waals surface area contributed by atoms with Crippen molar-refractivity contribution in [2.75, 3.05) is 13.7 Å². The minimum atomic E-state index is -0.719. The van der Waals surface area contributed by atoms with Crippen molar-refractivity contribution in [2.24, 2.45) is 5.73 Å². The Bertz CT molecular complexity index is 1010. The number of benzene rings is 1. The fourth-order valence-corrected chi connectivity index (χ4v) is 3.54. The predicted molar refractivity (Wildman–Crippen MR) is 104 cm³/mol. The molecule has 28 heavy (non-hydrogen) atoms. The average Bonchev–Trinajstić information content (AvgIpc) is 2.67. The SMILES string of the molecule is CCOC(=O)C1=C(N)Oc2cc(C)n(CC)c(=O)c2[C@@H]1c1cccc(OC)c1. The zero-order valence-electron chi connectivity index (χ0n) is 16.4. The first-order valence-corrected chi connectivity index (χ1v) is 9.15. The first kappa shape index (κ1) is 19.5. The molecular weight excluding hydrogens is 360 g/mol. The number of aryl methyl sites for hydroxylation is 1. The van der Waals surface area contributed by atoms with Gasteiger partial charge in [-0.2, -0.15) is 0 Å². The molecular formula is C21H24N2O5. The molecule has 0 saturated carbocycles. The molecule has 1 aliphatic rings. The van der Waals surface area contributed by atoms with Crippen molar-refractivity contribution in [1.29, 1.82) is 0 Å². The lowest BCUT2D eigenvalue weighted by Gasteiger charge is -2.29. The molecule has 0 fully saturated rings. The highest BCUT2D eigenvalue weighted by Crippen LogP contribution is 2.42. The summed E-state index contributed by atoms with van der Waals surface area (Å²) in [6, 6.07) is 8.96. The third-order valence-corrected chi connectivity index (χ3v) is 4.81. The molecule has 0 spiro atoms. The largest absolute Gasteiger partial charge is 0.497 e. The molecule has 3 rings (SSSR count). The average molecular weight is 384 g/mol. The third-order valence-electron chi connectivity index (χ3n) is 4.81. The molecule has 0 radical (unpaired) electrons. The molecule has 0 saturated heterocycles. The maximum Gasteiger partial charge on any atom is 0.340 e. The van der Waals surface area contributed by atoms with Gasteiger partial charge in [0.05, 0.1) is 25.2 Å². The monoisotopic (exact) mass is 384 g/mol. The fraction of sp³-hybridized carbons (Fsp3) is 0.333. The summed E-state index contributed by atoms with van der Waals surface area (Å²) in [5.41, 5.74) is 7.81. The first-order valence-electron chi connectivity index (χ1n) is 9.15. The number of aromatic nitrogens is 1. The number of hydrogen-bond donors (Lipinski definition) is 1. The van der Waals surface area contributed by atoms with Crippen molar-refractivity contribution in [1.82, 2.24) is 4.57 Å². The van der Waals surface area contributed by atoms with Gasteiger partial charge in [-0.05, 0) is 38.5 Å². The van der Waals surface area contributed by atoms with E-state index in [1.165, 1.54) is 0 Å². The van der Waals surface area contributed by atoms with Crippen molar-refractivity contribution < 1.29 is 19.0 Å². The Hall–Kier alpha value is -3.22. The number of ether oxygens (including phenoxy) is 3. The molecule has 1 atom stereocenters. The summed E-state index contributed by atoms with van der Waals surface area (Å²) in [5, 5.41) is 0. The van der Waals surface area contributed by atoms with Gasteiger partial charge in [-0.3, -0.25) is 4.79 Å². The minimum absolute atomic E-state index is 0.0631. The van der Waals surface area contributed by atoms with Crippen LogP contribution in [0.2, 0.25) is 0 Å². The van der Waals surface area contributed by atoms with Crippen molar-refractivity contribution in [3.05, 3.63) is 69.0 Å². The Labute approximate surface area is 163 Å². The maximum absolute atomic E-state index is 13.3. The smallest absolute Gasteiger partial charge is 0.340 e. The van der Waals surface area contributed by atoms with Crippen LogP contribution in [-0.2, 0) is 16.1 Å². The van der Waals surface area contributed by atoms with E-state index in [0.29, 0.717) is 29.2 Å². The van der Waals surface area contributed by atoms with Crippen molar-refractivity contribution in [3.63, 3.8) is 0 Å². The molecule has 0 bridgehead atoms. The Balaban J connectivity index is 2.32. The molecule has 7 nitrogen and oxygen atoms in total. The second-order valence-electron chi connectivity index (χ2n) is 6.42.